The Morgan fingerprint density at radius 3 is 2.84 bits per heavy atom. The van der Waals surface area contributed by atoms with Gasteiger partial charge in [-0.05, 0) is 30.7 Å². The minimum atomic E-state index is -0.938. The number of carbonyl (C=O) groups is 2. The molecule has 1 unspecified atom stereocenters. The van der Waals surface area contributed by atoms with Crippen molar-refractivity contribution in [2.75, 3.05) is 19.8 Å². The van der Waals surface area contributed by atoms with Crippen molar-refractivity contribution in [2.45, 2.75) is 19.4 Å². The second-order valence-electron chi connectivity index (χ2n) is 6.02. The number of rotatable bonds is 4. The third-order valence-corrected chi connectivity index (χ3v) is 4.40. The number of aromatic nitrogens is 1. The van der Waals surface area contributed by atoms with Crippen LogP contribution in [-0.2, 0) is 9.53 Å². The molecule has 1 aromatic carbocycles. The molecule has 1 aliphatic rings. The van der Waals surface area contributed by atoms with Crippen LogP contribution in [0.1, 0.15) is 22.3 Å². The van der Waals surface area contributed by atoms with Crippen molar-refractivity contribution >= 4 is 11.9 Å². The Morgan fingerprint density at radius 2 is 2.12 bits per heavy atom. The minimum absolute atomic E-state index is 0.120. The fraction of sp³-hybridized carbons (Fsp3) is 0.316. The molecule has 1 amide bonds. The smallest absolute Gasteiger partial charge is 0.305 e. The van der Waals surface area contributed by atoms with Gasteiger partial charge in [-0.15, -0.1) is 0 Å². The summed E-state index contributed by atoms with van der Waals surface area (Å²) in [6, 6.07) is 10.7. The molecule has 1 aromatic heterocycles. The maximum atomic E-state index is 13.1. The number of nitrogens with zero attached hydrogens (tertiary/aromatic N) is 2. The molecule has 1 fully saturated rings. The molecule has 0 bridgehead atoms. The number of carboxylic acids is 1. The Labute approximate surface area is 146 Å². The van der Waals surface area contributed by atoms with Gasteiger partial charge >= 0.3 is 5.97 Å². The molecule has 1 atom stereocenters. The molecule has 2 heterocycles. The van der Waals surface area contributed by atoms with Crippen molar-refractivity contribution < 1.29 is 19.4 Å². The molecule has 6 heteroatoms. The van der Waals surface area contributed by atoms with Gasteiger partial charge in [0.15, 0.2) is 0 Å². The number of benzene rings is 1. The Bertz CT molecular complexity index is 776. The van der Waals surface area contributed by atoms with Gasteiger partial charge in [-0.2, -0.15) is 0 Å². The van der Waals surface area contributed by atoms with Gasteiger partial charge in [0.05, 0.1) is 31.4 Å². The molecule has 25 heavy (non-hydrogen) atoms. The summed E-state index contributed by atoms with van der Waals surface area (Å²) in [5.41, 5.74) is 3.11. The van der Waals surface area contributed by atoms with E-state index >= 15 is 0 Å². The van der Waals surface area contributed by atoms with Crippen molar-refractivity contribution in [3.63, 3.8) is 0 Å². The van der Waals surface area contributed by atoms with Gasteiger partial charge in [0.1, 0.15) is 0 Å². The van der Waals surface area contributed by atoms with Crippen molar-refractivity contribution in [1.29, 1.82) is 0 Å². The number of hydrogen-bond donors (Lipinski definition) is 1. The molecule has 130 valence electrons. The van der Waals surface area contributed by atoms with Gasteiger partial charge < -0.3 is 14.7 Å². The lowest BCUT2D eigenvalue weighted by Gasteiger charge is -2.35. The zero-order valence-corrected chi connectivity index (χ0v) is 14.0. The summed E-state index contributed by atoms with van der Waals surface area (Å²) < 4.78 is 5.36. The Kier molecular flexibility index (Phi) is 5.09. The molecule has 1 saturated heterocycles. The third kappa shape index (κ3) is 3.69. The molecule has 1 aliphatic heterocycles. The highest BCUT2D eigenvalue weighted by atomic mass is 16.5. The summed E-state index contributed by atoms with van der Waals surface area (Å²) in [7, 11) is 0. The maximum absolute atomic E-state index is 13.1. The van der Waals surface area contributed by atoms with Gasteiger partial charge in [0.2, 0.25) is 0 Å². The molecule has 0 aliphatic carbocycles. The average molecular weight is 340 g/mol. The van der Waals surface area contributed by atoms with Crippen LogP contribution in [-0.4, -0.2) is 52.7 Å². The molecule has 0 radical (unpaired) electrons. The fourth-order valence-electron chi connectivity index (χ4n) is 3.11. The fourth-order valence-corrected chi connectivity index (χ4v) is 3.11. The van der Waals surface area contributed by atoms with E-state index in [1.807, 2.05) is 37.3 Å². The van der Waals surface area contributed by atoms with Crippen LogP contribution in [0.3, 0.4) is 0 Å². The quantitative estimate of drug-likeness (QED) is 0.924. The van der Waals surface area contributed by atoms with E-state index in [1.54, 1.807) is 17.2 Å². The van der Waals surface area contributed by atoms with E-state index in [0.717, 1.165) is 16.8 Å². The van der Waals surface area contributed by atoms with Gasteiger partial charge in [-0.25, -0.2) is 0 Å². The number of ether oxygens (including phenoxy) is 1. The zero-order chi connectivity index (χ0) is 17.8. The highest BCUT2D eigenvalue weighted by molar-refractivity contribution is 5.97. The van der Waals surface area contributed by atoms with Crippen LogP contribution in [0.2, 0.25) is 0 Å². The third-order valence-electron chi connectivity index (χ3n) is 4.40. The number of carboxylic acid groups (broad SMARTS) is 1. The van der Waals surface area contributed by atoms with Crippen LogP contribution in [0.5, 0.6) is 0 Å². The summed E-state index contributed by atoms with van der Waals surface area (Å²) in [6.45, 7) is 2.95. The van der Waals surface area contributed by atoms with E-state index in [2.05, 4.69) is 4.98 Å². The molecule has 0 spiro atoms. The standard InChI is InChI=1S/C19H20N2O4/c1-13-15(17-7-2-3-8-20-17)5-4-6-16(13)19(24)21-9-10-25-12-14(21)11-18(22)23/h2-8,14H,9-12H2,1H3,(H,22,23). The van der Waals surface area contributed by atoms with Crippen LogP contribution in [0.15, 0.2) is 42.6 Å². The predicted octanol–water partition coefficient (Wildman–Crippen LogP) is 2.37. The van der Waals surface area contributed by atoms with Crippen molar-refractivity contribution in [1.82, 2.24) is 9.88 Å². The minimum Gasteiger partial charge on any atom is -0.481 e. The lowest BCUT2D eigenvalue weighted by Crippen LogP contribution is -2.49. The molecular weight excluding hydrogens is 320 g/mol. The number of morpholine rings is 1. The lowest BCUT2D eigenvalue weighted by atomic mass is 9.98. The largest absolute Gasteiger partial charge is 0.481 e. The topological polar surface area (TPSA) is 79.7 Å². The van der Waals surface area contributed by atoms with Gasteiger partial charge in [-0.3, -0.25) is 14.6 Å². The molecule has 2 aromatic rings. The van der Waals surface area contributed by atoms with Gasteiger partial charge in [0.25, 0.3) is 5.91 Å². The number of aliphatic carboxylic acids is 1. The summed E-state index contributed by atoms with van der Waals surface area (Å²) in [5, 5.41) is 9.08. The van der Waals surface area contributed by atoms with Crippen molar-refractivity contribution in [3.05, 3.63) is 53.7 Å². The predicted molar refractivity (Wildman–Crippen MR) is 92.3 cm³/mol. The Hall–Kier alpha value is -2.73. The monoisotopic (exact) mass is 340 g/mol. The van der Waals surface area contributed by atoms with Crippen LogP contribution in [0, 0.1) is 6.92 Å². The first-order valence-electron chi connectivity index (χ1n) is 8.19. The highest BCUT2D eigenvalue weighted by Crippen LogP contribution is 2.26. The first-order chi connectivity index (χ1) is 12.1. The zero-order valence-electron chi connectivity index (χ0n) is 14.0. The molecular formula is C19H20N2O4. The van der Waals surface area contributed by atoms with Crippen LogP contribution < -0.4 is 0 Å². The van der Waals surface area contributed by atoms with E-state index in [-0.39, 0.29) is 18.9 Å². The second-order valence-corrected chi connectivity index (χ2v) is 6.02. The molecule has 3 rings (SSSR count). The normalized spacial score (nSPS) is 17.3. The molecule has 1 N–H and O–H groups in total. The summed E-state index contributed by atoms with van der Waals surface area (Å²) in [6.07, 6.45) is 1.60. The highest BCUT2D eigenvalue weighted by Gasteiger charge is 2.30. The lowest BCUT2D eigenvalue weighted by molar-refractivity contribution is -0.139. The van der Waals surface area contributed by atoms with Crippen molar-refractivity contribution in [3.8, 4) is 11.3 Å². The van der Waals surface area contributed by atoms with Crippen LogP contribution in [0.25, 0.3) is 11.3 Å². The average Bonchev–Trinajstić information content (AvgIpc) is 2.62. The van der Waals surface area contributed by atoms with E-state index in [9.17, 15) is 9.59 Å². The summed E-state index contributed by atoms with van der Waals surface area (Å²) in [5.74, 6) is -1.10. The van der Waals surface area contributed by atoms with Crippen LogP contribution in [0.4, 0.5) is 0 Å². The van der Waals surface area contributed by atoms with E-state index in [1.165, 1.54) is 0 Å². The van der Waals surface area contributed by atoms with Crippen molar-refractivity contribution in [2.24, 2.45) is 0 Å². The number of pyridine rings is 1. The van der Waals surface area contributed by atoms with E-state index in [4.69, 9.17) is 9.84 Å². The number of hydrogen-bond acceptors (Lipinski definition) is 4. The summed E-state index contributed by atoms with van der Waals surface area (Å²) >= 11 is 0. The number of amides is 1. The second kappa shape index (κ2) is 7.44. The van der Waals surface area contributed by atoms with Crippen LogP contribution >= 0.6 is 0 Å². The summed E-state index contributed by atoms with van der Waals surface area (Å²) in [4.78, 5) is 30.1. The molecule has 6 nitrogen and oxygen atoms in total. The first kappa shape index (κ1) is 17.1. The van der Waals surface area contributed by atoms with E-state index in [0.29, 0.717) is 18.7 Å². The SMILES string of the molecule is Cc1c(C(=O)N2CCOCC2CC(=O)O)cccc1-c1ccccn1. The first-order valence-corrected chi connectivity index (χ1v) is 8.19. The van der Waals surface area contributed by atoms with Gasteiger partial charge in [0, 0.05) is 23.9 Å². The number of carbonyl (C=O) groups excluding carboxylic acids is 1. The van der Waals surface area contributed by atoms with E-state index < -0.39 is 12.0 Å². The van der Waals surface area contributed by atoms with Gasteiger partial charge in [-0.1, -0.05) is 18.2 Å². The molecule has 0 saturated carbocycles. The Morgan fingerprint density at radius 1 is 1.28 bits per heavy atom. The Balaban J connectivity index is 1.93. The maximum Gasteiger partial charge on any atom is 0.305 e.